The summed E-state index contributed by atoms with van der Waals surface area (Å²) in [6, 6.07) is 17.2. The zero-order chi connectivity index (χ0) is 18.4. The fourth-order valence-electron chi connectivity index (χ4n) is 2.44. The summed E-state index contributed by atoms with van der Waals surface area (Å²) in [5, 5.41) is 6.41. The third kappa shape index (κ3) is 4.36. The molecule has 0 spiro atoms. The Morgan fingerprint density at radius 2 is 1.77 bits per heavy atom. The standard InChI is InChI=1S/C20H20N4O2/c1-14-7-9-15(10-8-14)12-21-18-11-19(23-13-22-18)24-17-6-4-3-5-16(17)20(25)26-2/h3-11,13H,12H2,1-2H3,(H2,21,22,23,24). The molecular weight excluding hydrogens is 328 g/mol. The van der Waals surface area contributed by atoms with E-state index in [1.807, 2.05) is 6.07 Å². The monoisotopic (exact) mass is 348 g/mol. The van der Waals surface area contributed by atoms with Crippen molar-refractivity contribution in [3.8, 4) is 0 Å². The summed E-state index contributed by atoms with van der Waals surface area (Å²) < 4.78 is 4.81. The van der Waals surface area contributed by atoms with Crippen LogP contribution in [0.4, 0.5) is 17.3 Å². The average molecular weight is 348 g/mol. The SMILES string of the molecule is COC(=O)c1ccccc1Nc1cc(NCc2ccc(C)cc2)ncn1. The van der Waals surface area contributed by atoms with Gasteiger partial charge in [-0.2, -0.15) is 0 Å². The molecule has 0 radical (unpaired) electrons. The summed E-state index contributed by atoms with van der Waals surface area (Å²) in [6.07, 6.45) is 1.47. The number of nitrogens with one attached hydrogen (secondary N) is 2. The van der Waals surface area contributed by atoms with E-state index in [1.165, 1.54) is 24.6 Å². The van der Waals surface area contributed by atoms with Crippen LogP contribution >= 0.6 is 0 Å². The molecule has 0 aliphatic carbocycles. The average Bonchev–Trinajstić information content (AvgIpc) is 2.68. The summed E-state index contributed by atoms with van der Waals surface area (Å²) >= 11 is 0. The van der Waals surface area contributed by atoms with Crippen LogP contribution < -0.4 is 10.6 Å². The van der Waals surface area contributed by atoms with Crippen molar-refractivity contribution >= 4 is 23.3 Å². The van der Waals surface area contributed by atoms with Gasteiger partial charge >= 0.3 is 5.97 Å². The molecule has 0 saturated heterocycles. The Balaban J connectivity index is 1.72. The number of aryl methyl sites for hydroxylation is 1. The molecule has 0 atom stereocenters. The number of anilines is 3. The summed E-state index contributed by atoms with van der Waals surface area (Å²) in [7, 11) is 1.36. The highest BCUT2D eigenvalue weighted by molar-refractivity contribution is 5.96. The maximum absolute atomic E-state index is 11.9. The molecule has 2 aromatic carbocycles. The number of methoxy groups -OCH3 is 1. The number of benzene rings is 2. The minimum absolute atomic E-state index is 0.403. The van der Waals surface area contributed by atoms with Gasteiger partial charge in [-0.05, 0) is 24.6 Å². The number of esters is 1. The zero-order valence-electron chi connectivity index (χ0n) is 14.7. The molecule has 132 valence electrons. The van der Waals surface area contributed by atoms with Crippen molar-refractivity contribution in [2.75, 3.05) is 17.7 Å². The molecule has 1 heterocycles. The molecule has 0 unspecified atom stereocenters. The van der Waals surface area contributed by atoms with E-state index in [-0.39, 0.29) is 0 Å². The number of hydrogen-bond donors (Lipinski definition) is 2. The first kappa shape index (κ1) is 17.4. The molecule has 0 fully saturated rings. The number of rotatable bonds is 6. The van der Waals surface area contributed by atoms with Crippen LogP contribution in [-0.2, 0) is 11.3 Å². The number of hydrogen-bond acceptors (Lipinski definition) is 6. The van der Waals surface area contributed by atoms with E-state index in [0.29, 0.717) is 29.4 Å². The van der Waals surface area contributed by atoms with Gasteiger partial charge in [-0.1, -0.05) is 42.0 Å². The normalized spacial score (nSPS) is 10.2. The van der Waals surface area contributed by atoms with Gasteiger partial charge in [0.1, 0.15) is 18.0 Å². The van der Waals surface area contributed by atoms with Crippen molar-refractivity contribution in [1.29, 1.82) is 0 Å². The van der Waals surface area contributed by atoms with E-state index in [2.05, 4.69) is 51.8 Å². The quantitative estimate of drug-likeness (QED) is 0.658. The Morgan fingerprint density at radius 1 is 1.04 bits per heavy atom. The van der Waals surface area contributed by atoms with Crippen molar-refractivity contribution in [2.24, 2.45) is 0 Å². The third-order valence-corrected chi connectivity index (χ3v) is 3.86. The fraction of sp³-hybridized carbons (Fsp3) is 0.150. The first-order chi connectivity index (χ1) is 12.7. The topological polar surface area (TPSA) is 76.1 Å². The first-order valence-electron chi connectivity index (χ1n) is 8.21. The molecule has 6 nitrogen and oxygen atoms in total. The predicted molar refractivity (Wildman–Crippen MR) is 102 cm³/mol. The highest BCUT2D eigenvalue weighted by Crippen LogP contribution is 2.21. The number of carbonyl (C=O) groups is 1. The van der Waals surface area contributed by atoms with E-state index in [9.17, 15) is 4.79 Å². The molecule has 1 aromatic heterocycles. The van der Waals surface area contributed by atoms with Crippen molar-refractivity contribution < 1.29 is 9.53 Å². The zero-order valence-corrected chi connectivity index (χ0v) is 14.7. The Morgan fingerprint density at radius 3 is 2.54 bits per heavy atom. The second-order valence-corrected chi connectivity index (χ2v) is 5.79. The van der Waals surface area contributed by atoms with Gasteiger partial charge in [0.2, 0.25) is 0 Å². The molecule has 26 heavy (non-hydrogen) atoms. The van der Waals surface area contributed by atoms with E-state index >= 15 is 0 Å². The smallest absolute Gasteiger partial charge is 0.339 e. The second-order valence-electron chi connectivity index (χ2n) is 5.79. The Kier molecular flexibility index (Phi) is 5.43. The van der Waals surface area contributed by atoms with E-state index < -0.39 is 5.97 Å². The highest BCUT2D eigenvalue weighted by atomic mass is 16.5. The summed E-state index contributed by atoms with van der Waals surface area (Å²) in [6.45, 7) is 2.72. The molecule has 0 amide bonds. The molecule has 6 heteroatoms. The molecule has 3 aromatic rings. The van der Waals surface area contributed by atoms with Crippen molar-refractivity contribution in [3.63, 3.8) is 0 Å². The largest absolute Gasteiger partial charge is 0.465 e. The second kappa shape index (κ2) is 8.11. The molecule has 0 aliphatic heterocycles. The maximum atomic E-state index is 11.9. The predicted octanol–water partition coefficient (Wildman–Crippen LogP) is 3.93. The van der Waals surface area contributed by atoms with Crippen LogP contribution in [0.5, 0.6) is 0 Å². The van der Waals surface area contributed by atoms with Crippen molar-refractivity contribution in [3.05, 3.63) is 77.6 Å². The lowest BCUT2D eigenvalue weighted by molar-refractivity contribution is 0.0602. The van der Waals surface area contributed by atoms with Gasteiger partial charge in [0.15, 0.2) is 0 Å². The van der Waals surface area contributed by atoms with E-state index in [0.717, 1.165) is 0 Å². The number of carbonyl (C=O) groups excluding carboxylic acids is 1. The van der Waals surface area contributed by atoms with Gasteiger partial charge in [-0.3, -0.25) is 0 Å². The number of aromatic nitrogens is 2. The molecule has 0 bridgehead atoms. The van der Waals surface area contributed by atoms with E-state index in [4.69, 9.17) is 4.74 Å². The molecule has 0 saturated carbocycles. The molecule has 2 N–H and O–H groups in total. The maximum Gasteiger partial charge on any atom is 0.339 e. The van der Waals surface area contributed by atoms with E-state index in [1.54, 1.807) is 24.3 Å². The van der Waals surface area contributed by atoms with Gasteiger partial charge in [0, 0.05) is 12.6 Å². The molecule has 3 rings (SSSR count). The van der Waals surface area contributed by atoms with Gasteiger partial charge in [-0.25, -0.2) is 14.8 Å². The van der Waals surface area contributed by atoms with Crippen LogP contribution in [0.25, 0.3) is 0 Å². The number of para-hydroxylation sites is 1. The number of nitrogens with zero attached hydrogens (tertiary/aromatic N) is 2. The van der Waals surface area contributed by atoms with Gasteiger partial charge in [0.05, 0.1) is 18.4 Å². The van der Waals surface area contributed by atoms with Gasteiger partial charge in [0.25, 0.3) is 0 Å². The minimum Gasteiger partial charge on any atom is -0.465 e. The summed E-state index contributed by atoms with van der Waals surface area (Å²) in [5.41, 5.74) is 3.47. The summed E-state index contributed by atoms with van der Waals surface area (Å²) in [5.74, 6) is 0.876. The van der Waals surface area contributed by atoms with Crippen LogP contribution in [0.3, 0.4) is 0 Å². The Hall–Kier alpha value is -3.41. The molecule has 0 aliphatic rings. The lowest BCUT2D eigenvalue weighted by Crippen LogP contribution is -2.07. The number of ether oxygens (including phenoxy) is 1. The Bertz CT molecular complexity index is 894. The highest BCUT2D eigenvalue weighted by Gasteiger charge is 2.11. The third-order valence-electron chi connectivity index (χ3n) is 3.86. The first-order valence-corrected chi connectivity index (χ1v) is 8.21. The van der Waals surface area contributed by atoms with Crippen LogP contribution in [-0.4, -0.2) is 23.0 Å². The van der Waals surface area contributed by atoms with Crippen molar-refractivity contribution in [1.82, 2.24) is 9.97 Å². The van der Waals surface area contributed by atoms with Crippen LogP contribution in [0, 0.1) is 6.92 Å². The Labute approximate surface area is 152 Å². The van der Waals surface area contributed by atoms with Crippen LogP contribution in [0.1, 0.15) is 21.5 Å². The minimum atomic E-state index is -0.403. The van der Waals surface area contributed by atoms with Gasteiger partial charge in [-0.15, -0.1) is 0 Å². The van der Waals surface area contributed by atoms with Crippen LogP contribution in [0.2, 0.25) is 0 Å². The lowest BCUT2D eigenvalue weighted by atomic mass is 10.1. The van der Waals surface area contributed by atoms with Crippen LogP contribution in [0.15, 0.2) is 60.9 Å². The lowest BCUT2D eigenvalue weighted by Gasteiger charge is -2.11. The van der Waals surface area contributed by atoms with Gasteiger partial charge < -0.3 is 15.4 Å². The van der Waals surface area contributed by atoms with Crippen molar-refractivity contribution in [2.45, 2.75) is 13.5 Å². The summed E-state index contributed by atoms with van der Waals surface area (Å²) in [4.78, 5) is 20.3. The molecular formula is C20H20N4O2. The fourth-order valence-corrected chi connectivity index (χ4v) is 2.44.